The lowest BCUT2D eigenvalue weighted by atomic mass is 10.2. The van der Waals surface area contributed by atoms with Crippen LogP contribution in [0.5, 0.6) is 0 Å². The van der Waals surface area contributed by atoms with Gasteiger partial charge in [0.15, 0.2) is 0 Å². The quantitative estimate of drug-likeness (QED) is 0.791. The molecule has 7 heteroatoms. The summed E-state index contributed by atoms with van der Waals surface area (Å²) in [4.78, 5) is 11.5. The summed E-state index contributed by atoms with van der Waals surface area (Å²) in [5, 5.41) is 0.389. The fraction of sp³-hybridized carbons (Fsp3) is 0.188. The number of carbonyl (C=O) groups excluding carboxylic acids is 1. The number of carbonyl (C=O) groups is 1. The van der Waals surface area contributed by atoms with Crippen molar-refractivity contribution in [3.05, 3.63) is 58.6 Å². The van der Waals surface area contributed by atoms with Crippen molar-refractivity contribution in [3.63, 3.8) is 0 Å². The molecular formula is C16H16ClNO4S. The van der Waals surface area contributed by atoms with E-state index in [0.29, 0.717) is 16.3 Å². The minimum Gasteiger partial charge on any atom is -0.465 e. The standard InChI is InChI=1S/C16H16ClNO4S/c1-11-4-9-14(10-15(11)17)23(20,21)18(2)13-7-5-12(6-8-13)16(19)22-3/h4-10H,1-3H3. The van der Waals surface area contributed by atoms with Gasteiger partial charge < -0.3 is 4.74 Å². The molecule has 2 aromatic rings. The van der Waals surface area contributed by atoms with E-state index in [4.69, 9.17) is 11.6 Å². The number of hydrogen-bond acceptors (Lipinski definition) is 4. The van der Waals surface area contributed by atoms with Gasteiger partial charge in [-0.3, -0.25) is 4.31 Å². The Bertz CT molecular complexity index is 832. The van der Waals surface area contributed by atoms with Gasteiger partial charge in [0.2, 0.25) is 0 Å². The van der Waals surface area contributed by atoms with E-state index in [9.17, 15) is 13.2 Å². The van der Waals surface area contributed by atoms with Crippen LogP contribution in [0, 0.1) is 6.92 Å². The summed E-state index contributed by atoms with van der Waals surface area (Å²) in [6.07, 6.45) is 0. The lowest BCUT2D eigenvalue weighted by Gasteiger charge is -2.20. The first-order chi connectivity index (χ1) is 10.8. The van der Waals surface area contributed by atoms with Gasteiger partial charge in [-0.2, -0.15) is 0 Å². The van der Waals surface area contributed by atoms with E-state index in [1.54, 1.807) is 25.1 Å². The summed E-state index contributed by atoms with van der Waals surface area (Å²) < 4.78 is 31.0. The predicted molar refractivity (Wildman–Crippen MR) is 89.6 cm³/mol. The van der Waals surface area contributed by atoms with Crippen LogP contribution in [0.2, 0.25) is 5.02 Å². The van der Waals surface area contributed by atoms with E-state index in [1.165, 1.54) is 38.4 Å². The molecule has 2 aromatic carbocycles. The molecule has 23 heavy (non-hydrogen) atoms. The van der Waals surface area contributed by atoms with Gasteiger partial charge in [0.25, 0.3) is 10.0 Å². The SMILES string of the molecule is COC(=O)c1ccc(N(C)S(=O)(=O)c2ccc(C)c(Cl)c2)cc1. The average molecular weight is 354 g/mol. The highest BCUT2D eigenvalue weighted by Gasteiger charge is 2.22. The highest BCUT2D eigenvalue weighted by Crippen LogP contribution is 2.25. The number of halogens is 1. The molecule has 0 bridgehead atoms. The zero-order valence-corrected chi connectivity index (χ0v) is 14.5. The smallest absolute Gasteiger partial charge is 0.337 e. The first kappa shape index (κ1) is 17.3. The van der Waals surface area contributed by atoms with Crippen molar-refractivity contribution < 1.29 is 17.9 Å². The number of anilines is 1. The Morgan fingerprint density at radius 2 is 1.74 bits per heavy atom. The van der Waals surface area contributed by atoms with Gasteiger partial charge in [-0.1, -0.05) is 17.7 Å². The second-order valence-electron chi connectivity index (χ2n) is 4.92. The molecule has 0 atom stereocenters. The third-order valence-corrected chi connectivity index (χ3v) is 5.64. The number of hydrogen-bond donors (Lipinski definition) is 0. The van der Waals surface area contributed by atoms with E-state index in [2.05, 4.69) is 4.74 Å². The van der Waals surface area contributed by atoms with Crippen molar-refractivity contribution in [1.82, 2.24) is 0 Å². The summed E-state index contributed by atoms with van der Waals surface area (Å²) in [7, 11) is -1.01. The third kappa shape index (κ3) is 3.48. The summed E-state index contributed by atoms with van der Waals surface area (Å²) in [6.45, 7) is 1.80. The molecule has 0 heterocycles. The molecule has 5 nitrogen and oxygen atoms in total. The zero-order chi connectivity index (χ0) is 17.2. The molecule has 0 saturated heterocycles. The number of ether oxygens (including phenoxy) is 1. The van der Waals surface area contributed by atoms with Gasteiger partial charge in [-0.25, -0.2) is 13.2 Å². The van der Waals surface area contributed by atoms with Gasteiger partial charge in [0.05, 0.1) is 23.3 Å². The van der Waals surface area contributed by atoms with Crippen molar-refractivity contribution in [2.45, 2.75) is 11.8 Å². The Balaban J connectivity index is 2.36. The molecule has 0 unspecified atom stereocenters. The van der Waals surface area contributed by atoms with Crippen molar-refractivity contribution in [3.8, 4) is 0 Å². The largest absolute Gasteiger partial charge is 0.465 e. The lowest BCUT2D eigenvalue weighted by molar-refractivity contribution is 0.0601. The third-order valence-electron chi connectivity index (χ3n) is 3.45. The molecule has 0 aliphatic heterocycles. The van der Waals surface area contributed by atoms with Gasteiger partial charge >= 0.3 is 5.97 Å². The van der Waals surface area contributed by atoms with Gasteiger partial charge in [-0.15, -0.1) is 0 Å². The molecule has 0 aliphatic rings. The van der Waals surface area contributed by atoms with Gasteiger partial charge in [0.1, 0.15) is 0 Å². The Labute approximate surface area is 140 Å². The van der Waals surface area contributed by atoms with Crippen molar-refractivity contribution >= 4 is 33.3 Å². The van der Waals surface area contributed by atoms with Crippen LogP contribution in [-0.2, 0) is 14.8 Å². The van der Waals surface area contributed by atoms with Crippen LogP contribution in [0.3, 0.4) is 0 Å². The Hall–Kier alpha value is -2.05. The van der Waals surface area contributed by atoms with E-state index in [-0.39, 0.29) is 4.90 Å². The van der Waals surface area contributed by atoms with Gasteiger partial charge in [0, 0.05) is 12.1 Å². The molecule has 0 saturated carbocycles. The fourth-order valence-corrected chi connectivity index (χ4v) is 3.42. The van der Waals surface area contributed by atoms with Crippen LogP contribution in [0.15, 0.2) is 47.4 Å². The summed E-state index contributed by atoms with van der Waals surface area (Å²) >= 11 is 6.01. The Morgan fingerprint density at radius 3 is 2.26 bits per heavy atom. The summed E-state index contributed by atoms with van der Waals surface area (Å²) in [6, 6.07) is 10.7. The molecule has 0 aromatic heterocycles. The van der Waals surface area contributed by atoms with Crippen LogP contribution in [0.4, 0.5) is 5.69 Å². The molecule has 0 radical (unpaired) electrons. The maximum atomic E-state index is 12.6. The monoisotopic (exact) mass is 353 g/mol. The number of esters is 1. The molecule has 0 fully saturated rings. The van der Waals surface area contributed by atoms with E-state index < -0.39 is 16.0 Å². The highest BCUT2D eigenvalue weighted by atomic mass is 35.5. The molecule has 0 aliphatic carbocycles. The highest BCUT2D eigenvalue weighted by molar-refractivity contribution is 7.92. The van der Waals surface area contributed by atoms with Crippen molar-refractivity contribution in [2.75, 3.05) is 18.5 Å². The normalized spacial score (nSPS) is 11.1. The van der Waals surface area contributed by atoms with Crippen LogP contribution < -0.4 is 4.31 Å². The second kappa shape index (κ2) is 6.60. The number of rotatable bonds is 4. The zero-order valence-electron chi connectivity index (χ0n) is 12.9. The predicted octanol–water partition coefficient (Wildman–Crippen LogP) is 3.26. The van der Waals surface area contributed by atoms with Crippen LogP contribution in [-0.4, -0.2) is 28.5 Å². The van der Waals surface area contributed by atoms with E-state index in [0.717, 1.165) is 9.87 Å². The molecule has 2 rings (SSSR count). The fourth-order valence-electron chi connectivity index (χ4n) is 1.96. The maximum absolute atomic E-state index is 12.6. The van der Waals surface area contributed by atoms with Crippen LogP contribution in [0.1, 0.15) is 15.9 Å². The van der Waals surface area contributed by atoms with E-state index in [1.807, 2.05) is 0 Å². The number of nitrogens with zero attached hydrogens (tertiary/aromatic N) is 1. The van der Waals surface area contributed by atoms with Crippen LogP contribution >= 0.6 is 11.6 Å². The Kier molecular flexibility index (Phi) is 4.97. The number of methoxy groups -OCH3 is 1. The van der Waals surface area contributed by atoms with E-state index >= 15 is 0 Å². The van der Waals surface area contributed by atoms with Crippen molar-refractivity contribution in [1.29, 1.82) is 0 Å². The maximum Gasteiger partial charge on any atom is 0.337 e. The molecular weight excluding hydrogens is 338 g/mol. The molecule has 0 N–H and O–H groups in total. The minimum atomic E-state index is -3.74. The Morgan fingerprint density at radius 1 is 1.13 bits per heavy atom. The minimum absolute atomic E-state index is 0.104. The summed E-state index contributed by atoms with van der Waals surface area (Å²) in [5.41, 5.74) is 1.57. The second-order valence-corrected chi connectivity index (χ2v) is 7.30. The van der Waals surface area contributed by atoms with Crippen molar-refractivity contribution in [2.24, 2.45) is 0 Å². The topological polar surface area (TPSA) is 63.7 Å². The molecule has 122 valence electrons. The lowest BCUT2D eigenvalue weighted by Crippen LogP contribution is -2.26. The van der Waals surface area contributed by atoms with Crippen LogP contribution in [0.25, 0.3) is 0 Å². The van der Waals surface area contributed by atoms with Gasteiger partial charge in [-0.05, 0) is 48.9 Å². The number of aryl methyl sites for hydroxylation is 1. The number of benzene rings is 2. The number of sulfonamides is 1. The first-order valence-corrected chi connectivity index (χ1v) is 8.52. The summed E-state index contributed by atoms with van der Waals surface area (Å²) in [5.74, 6) is -0.479. The molecule has 0 spiro atoms. The molecule has 0 amide bonds. The first-order valence-electron chi connectivity index (χ1n) is 6.71. The average Bonchev–Trinajstić information content (AvgIpc) is 2.55.